The van der Waals surface area contributed by atoms with Gasteiger partial charge >= 0.3 is 5.97 Å². The number of amides is 1. The van der Waals surface area contributed by atoms with E-state index in [2.05, 4.69) is 9.88 Å². The molecule has 0 spiro atoms. The monoisotopic (exact) mass is 642 g/mol. The number of ether oxygens (including phenoxy) is 1. The van der Waals surface area contributed by atoms with Gasteiger partial charge in [0.15, 0.2) is 0 Å². The van der Waals surface area contributed by atoms with Crippen molar-refractivity contribution in [2.75, 3.05) is 50.5 Å². The van der Waals surface area contributed by atoms with Crippen LogP contribution in [0.1, 0.15) is 25.3 Å². The number of hydrogen-bond acceptors (Lipinski definition) is 9. The van der Waals surface area contributed by atoms with E-state index in [-0.39, 0.29) is 25.6 Å². The molecule has 2 aromatic rings. The van der Waals surface area contributed by atoms with Crippen molar-refractivity contribution in [2.45, 2.75) is 25.8 Å². The minimum absolute atomic E-state index is 0.144. The summed E-state index contributed by atoms with van der Waals surface area (Å²) in [5.74, 6) is -0.789. The lowest BCUT2D eigenvalue weighted by molar-refractivity contribution is -0.158. The van der Waals surface area contributed by atoms with Gasteiger partial charge in [-0.2, -0.15) is 12.7 Å². The van der Waals surface area contributed by atoms with Gasteiger partial charge in [-0.3, -0.25) is 14.3 Å². The molecule has 1 atom stereocenters. The first-order valence-electron chi connectivity index (χ1n) is 13.2. The Kier molecular flexibility index (Phi) is 11.9. The van der Waals surface area contributed by atoms with Gasteiger partial charge < -0.3 is 14.5 Å². The number of aromatic nitrogens is 1. The van der Waals surface area contributed by atoms with E-state index in [1.54, 1.807) is 43.6 Å². The van der Waals surface area contributed by atoms with Crippen LogP contribution in [-0.4, -0.2) is 99.1 Å². The molecule has 3 heterocycles. The zero-order valence-corrected chi connectivity index (χ0v) is 25.8. The van der Waals surface area contributed by atoms with Gasteiger partial charge in [-0.1, -0.05) is 23.7 Å². The molecule has 0 saturated carbocycles. The normalized spacial score (nSPS) is 19.0. The summed E-state index contributed by atoms with van der Waals surface area (Å²) in [7, 11) is -7.61. The molecule has 0 radical (unpaired) electrons. The zero-order chi connectivity index (χ0) is 30.9. The standard InChI is InChI=1S/C26H31ClN4O5S.CH4O3S/c1-2-36-26(33)24-18-30(37(34,35)16-11-20-3-5-22(27)6-4-20)19-25(32)31(24)17-21-9-14-29(15-10-21)23-7-12-28-13-8-23;1-5(2,3)4/h3-8,11-13,16,21,24H,2,9-10,14-15,17-19H2,1H3;1H3,(H,2,3,4). The lowest BCUT2D eigenvalue weighted by Crippen LogP contribution is -2.61. The number of hydrogen-bond donors (Lipinski definition) is 1. The van der Waals surface area contributed by atoms with Gasteiger partial charge in [0.05, 0.1) is 19.4 Å². The summed E-state index contributed by atoms with van der Waals surface area (Å²) in [6, 6.07) is 9.67. The van der Waals surface area contributed by atoms with Gasteiger partial charge in [-0.25, -0.2) is 13.2 Å². The number of rotatable bonds is 8. The van der Waals surface area contributed by atoms with Crippen molar-refractivity contribution in [3.63, 3.8) is 0 Å². The number of anilines is 1. The second kappa shape index (κ2) is 14.9. The van der Waals surface area contributed by atoms with E-state index < -0.39 is 38.1 Å². The Bertz CT molecular complexity index is 1440. The molecule has 2 aliphatic rings. The summed E-state index contributed by atoms with van der Waals surface area (Å²) < 4.78 is 58.2. The number of nitrogens with zero attached hydrogens (tertiary/aromatic N) is 4. The van der Waals surface area contributed by atoms with E-state index in [0.29, 0.717) is 23.4 Å². The van der Waals surface area contributed by atoms with Crippen molar-refractivity contribution in [1.82, 2.24) is 14.2 Å². The summed E-state index contributed by atoms with van der Waals surface area (Å²) in [4.78, 5) is 33.9. The number of carbonyl (C=O) groups excluding carboxylic acids is 2. The Morgan fingerprint density at radius 1 is 1.10 bits per heavy atom. The molecular formula is C27H35ClN4O8S2. The Labute approximate surface area is 251 Å². The molecule has 1 amide bonds. The fourth-order valence-electron chi connectivity index (χ4n) is 4.67. The zero-order valence-electron chi connectivity index (χ0n) is 23.4. The average molecular weight is 643 g/mol. The molecule has 0 aliphatic carbocycles. The molecule has 1 N–H and O–H groups in total. The van der Waals surface area contributed by atoms with Crippen molar-refractivity contribution in [2.24, 2.45) is 5.92 Å². The van der Waals surface area contributed by atoms with E-state index in [0.717, 1.165) is 41.3 Å². The summed E-state index contributed by atoms with van der Waals surface area (Å²) in [5, 5.41) is 1.60. The molecule has 1 aromatic carbocycles. The summed E-state index contributed by atoms with van der Waals surface area (Å²) in [5.41, 5.74) is 1.76. The molecule has 230 valence electrons. The van der Waals surface area contributed by atoms with Crippen molar-refractivity contribution >= 4 is 55.4 Å². The third-order valence-corrected chi connectivity index (χ3v) is 8.43. The van der Waals surface area contributed by atoms with Crippen LogP contribution in [0.25, 0.3) is 6.08 Å². The van der Waals surface area contributed by atoms with Gasteiger partial charge in [0.2, 0.25) is 15.9 Å². The predicted molar refractivity (Wildman–Crippen MR) is 160 cm³/mol. The molecule has 4 rings (SSSR count). The number of piperazine rings is 1. The fraction of sp³-hybridized carbons (Fsp3) is 0.444. The maximum absolute atomic E-state index is 13.2. The van der Waals surface area contributed by atoms with Crippen LogP contribution in [0, 0.1) is 5.92 Å². The minimum atomic E-state index is -3.95. The molecule has 2 aliphatic heterocycles. The first-order valence-corrected chi connectivity index (χ1v) is 17.0. The highest BCUT2D eigenvalue weighted by atomic mass is 35.5. The summed E-state index contributed by atoms with van der Waals surface area (Å²) in [6.45, 7) is 3.41. The van der Waals surface area contributed by atoms with Crippen molar-refractivity contribution in [3.05, 3.63) is 64.8 Å². The highest BCUT2D eigenvalue weighted by molar-refractivity contribution is 7.92. The van der Waals surface area contributed by atoms with Crippen LogP contribution in [0.15, 0.2) is 54.2 Å². The van der Waals surface area contributed by atoms with Gasteiger partial charge in [0.1, 0.15) is 6.04 Å². The van der Waals surface area contributed by atoms with E-state index in [1.165, 1.54) is 11.0 Å². The topological polar surface area (TPSA) is 154 Å². The van der Waals surface area contributed by atoms with E-state index in [9.17, 15) is 26.4 Å². The van der Waals surface area contributed by atoms with Gasteiger partial charge in [0, 0.05) is 54.7 Å². The smallest absolute Gasteiger partial charge is 0.330 e. The quantitative estimate of drug-likeness (QED) is 0.335. The molecule has 15 heteroatoms. The van der Waals surface area contributed by atoms with E-state index in [1.807, 2.05) is 12.1 Å². The Hall–Kier alpha value is -3.04. The number of benzene rings is 1. The Morgan fingerprint density at radius 2 is 1.69 bits per heavy atom. The molecule has 0 bridgehead atoms. The third kappa shape index (κ3) is 10.3. The van der Waals surface area contributed by atoms with Crippen molar-refractivity contribution in [3.8, 4) is 0 Å². The number of sulfonamides is 1. The van der Waals surface area contributed by atoms with E-state index in [4.69, 9.17) is 20.9 Å². The molecule has 1 aromatic heterocycles. The first kappa shape index (κ1) is 33.5. The number of pyridine rings is 1. The second-order valence-corrected chi connectivity index (χ2v) is 13.6. The second-order valence-electron chi connectivity index (χ2n) is 9.87. The van der Waals surface area contributed by atoms with Crippen LogP contribution in [0.2, 0.25) is 5.02 Å². The van der Waals surface area contributed by atoms with Crippen LogP contribution in [-0.2, 0) is 34.5 Å². The first-order chi connectivity index (χ1) is 19.8. The molecule has 12 nitrogen and oxygen atoms in total. The molecule has 2 fully saturated rings. The van der Waals surface area contributed by atoms with Gasteiger partial charge in [-0.15, -0.1) is 0 Å². The van der Waals surface area contributed by atoms with Crippen LogP contribution in [0.4, 0.5) is 5.69 Å². The molecule has 2 saturated heterocycles. The Balaban J connectivity index is 0.000000892. The number of halogens is 1. The largest absolute Gasteiger partial charge is 0.464 e. The van der Waals surface area contributed by atoms with Crippen molar-refractivity contribution in [1.29, 1.82) is 0 Å². The van der Waals surface area contributed by atoms with Gasteiger partial charge in [-0.05, 0) is 61.6 Å². The number of carbonyl (C=O) groups is 2. The molecular weight excluding hydrogens is 608 g/mol. The summed E-state index contributed by atoms with van der Waals surface area (Å²) >= 11 is 5.89. The number of piperidine rings is 1. The molecule has 42 heavy (non-hydrogen) atoms. The van der Waals surface area contributed by atoms with Gasteiger partial charge in [0.25, 0.3) is 10.1 Å². The lowest BCUT2D eigenvalue weighted by atomic mass is 9.94. The maximum Gasteiger partial charge on any atom is 0.330 e. The van der Waals surface area contributed by atoms with Crippen LogP contribution < -0.4 is 4.90 Å². The summed E-state index contributed by atoms with van der Waals surface area (Å²) in [6.07, 6.45) is 7.40. The maximum atomic E-state index is 13.2. The van der Waals surface area contributed by atoms with E-state index >= 15 is 0 Å². The predicted octanol–water partition coefficient (Wildman–Crippen LogP) is 2.53. The lowest BCUT2D eigenvalue weighted by Gasteiger charge is -2.42. The van der Waals surface area contributed by atoms with Crippen LogP contribution in [0.3, 0.4) is 0 Å². The molecule has 1 unspecified atom stereocenters. The SMILES string of the molecule is CCOC(=O)C1CN(S(=O)(=O)C=Cc2ccc(Cl)cc2)CC(=O)N1CC1CCN(c2ccncc2)CC1.CS(=O)(=O)O. The highest BCUT2D eigenvalue weighted by Gasteiger charge is 2.42. The minimum Gasteiger partial charge on any atom is -0.464 e. The highest BCUT2D eigenvalue weighted by Crippen LogP contribution is 2.26. The average Bonchev–Trinajstić information content (AvgIpc) is 2.94. The number of esters is 1. The Morgan fingerprint density at radius 3 is 2.26 bits per heavy atom. The fourth-order valence-corrected chi connectivity index (χ4v) is 5.93. The van der Waals surface area contributed by atoms with Crippen LogP contribution >= 0.6 is 11.6 Å². The van der Waals surface area contributed by atoms with Crippen LogP contribution in [0.5, 0.6) is 0 Å². The van der Waals surface area contributed by atoms with Crippen molar-refractivity contribution < 1.29 is 35.7 Å². The third-order valence-electron chi connectivity index (χ3n) is 6.70.